The minimum atomic E-state index is -4.99. The van der Waals surface area contributed by atoms with Crippen LogP contribution in [0.2, 0.25) is 0 Å². The second kappa shape index (κ2) is 5.99. The number of ether oxygens (including phenoxy) is 1. The molecule has 0 aromatic carbocycles. The first-order valence-corrected chi connectivity index (χ1v) is 3.61. The summed E-state index contributed by atoms with van der Waals surface area (Å²) in [6, 6.07) is 0. The number of nitrogens with zero attached hydrogens (tertiary/aromatic N) is 3. The van der Waals surface area contributed by atoms with Crippen molar-refractivity contribution < 1.29 is 73.9 Å². The van der Waals surface area contributed by atoms with Crippen molar-refractivity contribution in [1.29, 1.82) is 0 Å². The van der Waals surface area contributed by atoms with Gasteiger partial charge in [0.25, 0.3) is 5.82 Å². The molecule has 1 aromatic heterocycles. The summed E-state index contributed by atoms with van der Waals surface area (Å²) in [7, 11) is 1.09. The molecule has 0 saturated heterocycles. The van der Waals surface area contributed by atoms with Crippen LogP contribution in [0, 0.1) is 0 Å². The van der Waals surface area contributed by atoms with Gasteiger partial charge in [-0.1, -0.05) is 0 Å². The van der Waals surface area contributed by atoms with Gasteiger partial charge in [0.1, 0.15) is 6.33 Å². The molecule has 0 spiro atoms. The zero-order valence-corrected chi connectivity index (χ0v) is 11.3. The Morgan fingerprint density at radius 2 is 2.20 bits per heavy atom. The van der Waals surface area contributed by atoms with Crippen LogP contribution in [-0.4, -0.2) is 34.8 Å². The van der Waals surface area contributed by atoms with Crippen LogP contribution in [0.1, 0.15) is 10.6 Å². The molecule has 0 saturated carbocycles. The third-order valence-corrected chi connectivity index (χ3v) is 1.30. The third kappa shape index (κ3) is 5.11. The Balaban J connectivity index is 0.00000196. The summed E-state index contributed by atoms with van der Waals surface area (Å²) >= 11 is 0. The molecule has 1 heterocycles. The molecule has 0 atom stereocenters. The average Bonchev–Trinajstić information content (AvgIpc) is 2.48. The van der Waals surface area contributed by atoms with Crippen molar-refractivity contribution in [3.63, 3.8) is 0 Å². The minimum Gasteiger partial charge on any atom is -0.463 e. The largest absolute Gasteiger partial charge is 1.00 e. The van der Waals surface area contributed by atoms with Crippen LogP contribution in [0.15, 0.2) is 6.33 Å². The van der Waals surface area contributed by atoms with Gasteiger partial charge in [0.05, 0.1) is 7.11 Å². The van der Waals surface area contributed by atoms with E-state index in [1.54, 1.807) is 0 Å². The average molecular weight is 247 g/mol. The van der Waals surface area contributed by atoms with Gasteiger partial charge in [0.15, 0.2) is 0 Å². The second-order valence-corrected chi connectivity index (χ2v) is 2.49. The van der Waals surface area contributed by atoms with Crippen LogP contribution in [0.25, 0.3) is 0 Å². The number of carbonyl (C=O) groups excluding carboxylic acids is 1. The molecular weight excluding hydrogens is 241 g/mol. The van der Waals surface area contributed by atoms with E-state index < -0.39 is 19.4 Å². The van der Waals surface area contributed by atoms with E-state index in [1.807, 2.05) is 0 Å². The van der Waals surface area contributed by atoms with Gasteiger partial charge in [0, 0.05) is 6.44 Å². The maximum Gasteiger partial charge on any atom is 1.00 e. The molecule has 0 aliphatic heterocycles. The van der Waals surface area contributed by atoms with Crippen LogP contribution < -0.4 is 51.4 Å². The Labute approximate surface area is 126 Å². The van der Waals surface area contributed by atoms with E-state index in [0.717, 1.165) is 13.4 Å². The van der Waals surface area contributed by atoms with Crippen molar-refractivity contribution in [1.82, 2.24) is 14.8 Å². The van der Waals surface area contributed by atoms with Crippen molar-refractivity contribution in [2.45, 2.75) is 6.44 Å². The SMILES string of the molecule is COC(=O)c1ncn(C[B-](F)(F)F)n1.[K+]. The fraction of sp³-hybridized carbons (Fsp3) is 0.400. The minimum absolute atomic E-state index is 0. The second-order valence-electron chi connectivity index (χ2n) is 2.49. The summed E-state index contributed by atoms with van der Waals surface area (Å²) in [4.78, 5) is 14.1. The van der Waals surface area contributed by atoms with E-state index in [0.29, 0.717) is 4.68 Å². The van der Waals surface area contributed by atoms with Crippen LogP contribution in [-0.2, 0) is 11.2 Å². The van der Waals surface area contributed by atoms with E-state index >= 15 is 0 Å². The molecule has 0 amide bonds. The molecule has 0 N–H and O–H groups in total. The fourth-order valence-corrected chi connectivity index (χ4v) is 0.780. The summed E-state index contributed by atoms with van der Waals surface area (Å²) in [5.41, 5.74) is 0. The molecule has 1 rings (SSSR count). The van der Waals surface area contributed by atoms with E-state index in [9.17, 15) is 17.7 Å². The molecule has 15 heavy (non-hydrogen) atoms. The Morgan fingerprint density at radius 1 is 1.60 bits per heavy atom. The summed E-state index contributed by atoms with van der Waals surface area (Å²) in [5, 5.41) is 3.29. The number of aromatic nitrogens is 3. The zero-order chi connectivity index (χ0) is 10.8. The predicted molar refractivity (Wildman–Crippen MR) is 40.4 cm³/mol. The molecule has 0 aliphatic carbocycles. The third-order valence-electron chi connectivity index (χ3n) is 1.30. The summed E-state index contributed by atoms with van der Waals surface area (Å²) < 4.78 is 40.4. The first kappa shape index (κ1) is 15.1. The fourth-order valence-electron chi connectivity index (χ4n) is 0.780. The summed E-state index contributed by atoms with van der Waals surface area (Å²) in [6.07, 6.45) is -0.383. The Morgan fingerprint density at radius 3 is 2.67 bits per heavy atom. The van der Waals surface area contributed by atoms with Gasteiger partial charge in [-0.15, -0.1) is 5.10 Å². The van der Waals surface area contributed by atoms with Crippen LogP contribution in [0.3, 0.4) is 0 Å². The number of halogens is 3. The van der Waals surface area contributed by atoms with Gasteiger partial charge in [-0.2, -0.15) is 0 Å². The summed E-state index contributed by atoms with van der Waals surface area (Å²) in [5.74, 6) is -1.24. The van der Waals surface area contributed by atoms with Crippen LogP contribution in [0.4, 0.5) is 12.9 Å². The van der Waals surface area contributed by atoms with E-state index in [-0.39, 0.29) is 57.2 Å². The smallest absolute Gasteiger partial charge is 0.463 e. The normalized spacial score (nSPS) is 10.7. The van der Waals surface area contributed by atoms with E-state index in [4.69, 9.17) is 0 Å². The predicted octanol–water partition coefficient (Wildman–Crippen LogP) is -2.54. The molecule has 5 nitrogen and oxygen atoms in total. The molecule has 78 valence electrons. The molecule has 0 fully saturated rings. The van der Waals surface area contributed by atoms with Gasteiger partial charge in [-0.05, 0) is 0 Å². The first-order valence-electron chi connectivity index (χ1n) is 3.61. The molecular formula is C5H6BF3KN3O2. The van der Waals surface area contributed by atoms with Crippen molar-refractivity contribution >= 4 is 12.9 Å². The maximum atomic E-state index is 11.9. The van der Waals surface area contributed by atoms with Gasteiger partial charge in [-0.3, -0.25) is 4.68 Å². The topological polar surface area (TPSA) is 57.0 Å². The Kier molecular flexibility index (Phi) is 6.03. The molecule has 10 heteroatoms. The number of methoxy groups -OCH3 is 1. The molecule has 1 aromatic rings. The zero-order valence-electron chi connectivity index (χ0n) is 8.15. The summed E-state index contributed by atoms with van der Waals surface area (Å²) in [6.45, 7) is -4.99. The number of carbonyl (C=O) groups is 1. The van der Waals surface area contributed by atoms with Gasteiger partial charge in [0.2, 0.25) is 0 Å². The van der Waals surface area contributed by atoms with Crippen LogP contribution in [0.5, 0.6) is 0 Å². The van der Waals surface area contributed by atoms with E-state index in [2.05, 4.69) is 14.8 Å². The van der Waals surface area contributed by atoms with Crippen molar-refractivity contribution in [3.8, 4) is 0 Å². The number of rotatable bonds is 3. The number of hydrogen-bond donors (Lipinski definition) is 0. The number of esters is 1. The molecule has 0 radical (unpaired) electrons. The first-order chi connectivity index (χ1) is 6.42. The molecule has 0 aliphatic rings. The Bertz CT molecular complexity index is 343. The monoisotopic (exact) mass is 247 g/mol. The van der Waals surface area contributed by atoms with E-state index in [1.165, 1.54) is 0 Å². The van der Waals surface area contributed by atoms with Crippen LogP contribution >= 0.6 is 0 Å². The number of hydrogen-bond acceptors (Lipinski definition) is 4. The van der Waals surface area contributed by atoms with Gasteiger partial charge >= 0.3 is 64.3 Å². The van der Waals surface area contributed by atoms with Crippen molar-refractivity contribution in [2.75, 3.05) is 7.11 Å². The molecule has 0 bridgehead atoms. The Hall–Kier alpha value is 0.101. The van der Waals surface area contributed by atoms with Gasteiger partial charge in [-0.25, -0.2) is 9.78 Å². The quantitative estimate of drug-likeness (QED) is 0.436. The van der Waals surface area contributed by atoms with Crippen molar-refractivity contribution in [3.05, 3.63) is 12.2 Å². The van der Waals surface area contributed by atoms with Crippen molar-refractivity contribution in [2.24, 2.45) is 0 Å². The maximum absolute atomic E-state index is 11.9. The standard InChI is InChI=1S/C5H6BF3N3O2.K/c1-14-5(13)4-10-3-12(11-4)2-6(7,8)9;/h3H,2H2,1H3;/q-1;+1. The molecule has 0 unspecified atom stereocenters. The van der Waals surface area contributed by atoms with Gasteiger partial charge < -0.3 is 17.7 Å².